The number of nitrogens with two attached hydrogens (primary N) is 1. The van der Waals surface area contributed by atoms with Crippen molar-refractivity contribution in [1.29, 1.82) is 0 Å². The average Bonchev–Trinajstić information content (AvgIpc) is 2.01. The molecule has 0 aliphatic heterocycles. The Balaban J connectivity index is 3.21. The maximum absolute atomic E-state index is 11.3. The summed E-state index contributed by atoms with van der Waals surface area (Å²) in [5.41, 5.74) is 4.67. The molecule has 0 unspecified atom stereocenters. The second-order valence-electron chi connectivity index (χ2n) is 2.68. The Morgan fingerprint density at radius 1 is 1.64 bits per heavy atom. The van der Waals surface area contributed by atoms with Crippen LogP contribution in [0, 0.1) is 6.92 Å². The Morgan fingerprint density at radius 3 is 2.79 bits per heavy atom. The molecule has 5 nitrogen and oxygen atoms in total. The third kappa shape index (κ3) is 1.93. The zero-order valence-corrected chi connectivity index (χ0v) is 7.99. The van der Waals surface area contributed by atoms with E-state index in [2.05, 4.69) is 4.74 Å². The number of anilines is 1. The van der Waals surface area contributed by atoms with Crippen LogP contribution in [0.15, 0.2) is 15.3 Å². The third-order valence-electron chi connectivity index (χ3n) is 1.58. The molecule has 0 saturated heterocycles. The van der Waals surface area contributed by atoms with Gasteiger partial charge in [-0.05, 0) is 13.8 Å². The van der Waals surface area contributed by atoms with Gasteiger partial charge in [0, 0.05) is 6.07 Å². The number of ether oxygens (including phenoxy) is 1. The highest BCUT2D eigenvalue weighted by atomic mass is 16.5. The van der Waals surface area contributed by atoms with Gasteiger partial charge in [-0.15, -0.1) is 0 Å². The van der Waals surface area contributed by atoms with Crippen molar-refractivity contribution in [2.24, 2.45) is 0 Å². The van der Waals surface area contributed by atoms with Crippen molar-refractivity contribution in [1.82, 2.24) is 0 Å². The Morgan fingerprint density at radius 2 is 2.29 bits per heavy atom. The van der Waals surface area contributed by atoms with Gasteiger partial charge in [-0.2, -0.15) is 0 Å². The van der Waals surface area contributed by atoms with Crippen LogP contribution in [0.2, 0.25) is 0 Å². The van der Waals surface area contributed by atoms with Gasteiger partial charge < -0.3 is 14.9 Å². The molecule has 0 aliphatic carbocycles. The summed E-state index contributed by atoms with van der Waals surface area (Å²) in [6.45, 7) is 3.40. The van der Waals surface area contributed by atoms with Crippen molar-refractivity contribution < 1.29 is 13.9 Å². The number of rotatable bonds is 2. The summed E-state index contributed by atoms with van der Waals surface area (Å²) >= 11 is 0. The molecular formula is C9H11NO4. The maximum Gasteiger partial charge on any atom is 0.347 e. The first-order valence-corrected chi connectivity index (χ1v) is 4.13. The molecule has 0 aromatic carbocycles. The summed E-state index contributed by atoms with van der Waals surface area (Å²) < 4.78 is 9.58. The molecule has 0 spiro atoms. The summed E-state index contributed by atoms with van der Waals surface area (Å²) in [5.74, 6) is -0.590. The quantitative estimate of drug-likeness (QED) is 0.706. The van der Waals surface area contributed by atoms with Gasteiger partial charge in [0.25, 0.3) is 0 Å². The van der Waals surface area contributed by atoms with Crippen molar-refractivity contribution in [2.45, 2.75) is 13.8 Å². The van der Waals surface area contributed by atoms with E-state index in [1.807, 2.05) is 0 Å². The maximum atomic E-state index is 11.3. The van der Waals surface area contributed by atoms with E-state index in [0.29, 0.717) is 5.76 Å². The molecule has 14 heavy (non-hydrogen) atoms. The smallest absolute Gasteiger partial charge is 0.347 e. The highest BCUT2D eigenvalue weighted by Gasteiger charge is 2.17. The van der Waals surface area contributed by atoms with Crippen molar-refractivity contribution in [3.63, 3.8) is 0 Å². The van der Waals surface area contributed by atoms with Gasteiger partial charge >= 0.3 is 5.97 Å². The zero-order valence-electron chi connectivity index (χ0n) is 7.99. The van der Waals surface area contributed by atoms with Gasteiger partial charge in [-0.1, -0.05) is 0 Å². The molecule has 0 bridgehead atoms. The Hall–Kier alpha value is -1.78. The first-order chi connectivity index (χ1) is 6.56. The first-order valence-electron chi connectivity index (χ1n) is 4.13. The minimum absolute atomic E-state index is 0.186. The second-order valence-corrected chi connectivity index (χ2v) is 2.68. The highest BCUT2D eigenvalue weighted by Crippen LogP contribution is 2.10. The predicted octanol–water partition coefficient (Wildman–Crippen LogP) is 0.707. The molecule has 0 fully saturated rings. The number of nitrogen functional groups attached to an aromatic ring is 1. The highest BCUT2D eigenvalue weighted by molar-refractivity contribution is 5.93. The van der Waals surface area contributed by atoms with Gasteiger partial charge in [-0.25, -0.2) is 4.79 Å². The van der Waals surface area contributed by atoms with Gasteiger partial charge in [-0.3, -0.25) is 4.79 Å². The largest absolute Gasteiger partial charge is 0.462 e. The van der Waals surface area contributed by atoms with Crippen LogP contribution in [0.1, 0.15) is 23.0 Å². The fourth-order valence-corrected chi connectivity index (χ4v) is 1.04. The summed E-state index contributed by atoms with van der Waals surface area (Å²) in [5, 5.41) is 0. The number of esters is 1. The Labute approximate surface area is 80.5 Å². The zero-order chi connectivity index (χ0) is 10.7. The molecule has 1 aromatic heterocycles. The lowest BCUT2D eigenvalue weighted by Crippen LogP contribution is -2.19. The standard InChI is InChI=1S/C9H11NO4/c1-3-13-9(12)7-6(11)4-5(2)14-8(7)10/h4H,3,10H2,1-2H3. The van der Waals surface area contributed by atoms with Crippen LogP contribution < -0.4 is 11.2 Å². The molecule has 1 rings (SSSR count). The van der Waals surface area contributed by atoms with E-state index in [-0.39, 0.29) is 18.1 Å². The summed E-state index contributed by atoms with van der Waals surface area (Å²) in [4.78, 5) is 22.6. The van der Waals surface area contributed by atoms with E-state index >= 15 is 0 Å². The number of carbonyl (C=O) groups excluding carboxylic acids is 1. The predicted molar refractivity (Wildman–Crippen MR) is 50.1 cm³/mol. The molecule has 0 saturated carbocycles. The van der Waals surface area contributed by atoms with Crippen molar-refractivity contribution in [2.75, 3.05) is 12.3 Å². The lowest BCUT2D eigenvalue weighted by Gasteiger charge is -2.03. The summed E-state index contributed by atoms with van der Waals surface area (Å²) in [7, 11) is 0. The molecule has 76 valence electrons. The molecule has 0 amide bonds. The summed E-state index contributed by atoms with van der Waals surface area (Å²) in [6, 6.07) is 1.20. The van der Waals surface area contributed by atoms with E-state index in [4.69, 9.17) is 10.2 Å². The molecule has 0 atom stereocenters. The molecule has 1 aromatic rings. The van der Waals surface area contributed by atoms with Crippen molar-refractivity contribution in [3.8, 4) is 0 Å². The van der Waals surface area contributed by atoms with Crippen LogP contribution in [0.3, 0.4) is 0 Å². The third-order valence-corrected chi connectivity index (χ3v) is 1.58. The number of hydrogen-bond donors (Lipinski definition) is 1. The first kappa shape index (κ1) is 10.3. The Kier molecular flexibility index (Phi) is 2.91. The fourth-order valence-electron chi connectivity index (χ4n) is 1.04. The minimum Gasteiger partial charge on any atom is -0.462 e. The van der Waals surface area contributed by atoms with Crippen LogP contribution in [-0.4, -0.2) is 12.6 Å². The molecule has 0 aliphatic rings. The molecule has 2 N–H and O–H groups in total. The van der Waals surface area contributed by atoms with Crippen LogP contribution in [0.25, 0.3) is 0 Å². The van der Waals surface area contributed by atoms with Gasteiger partial charge in [0.15, 0.2) is 5.56 Å². The van der Waals surface area contributed by atoms with Crippen LogP contribution >= 0.6 is 0 Å². The molecule has 0 radical (unpaired) electrons. The van der Waals surface area contributed by atoms with E-state index in [1.54, 1.807) is 13.8 Å². The monoisotopic (exact) mass is 197 g/mol. The normalized spacial score (nSPS) is 9.86. The van der Waals surface area contributed by atoms with Gasteiger partial charge in [0.2, 0.25) is 11.3 Å². The Bertz CT molecular complexity index is 408. The SMILES string of the molecule is CCOC(=O)c1c(N)oc(C)cc1=O. The lowest BCUT2D eigenvalue weighted by molar-refractivity contribution is 0.0524. The number of carbonyl (C=O) groups is 1. The lowest BCUT2D eigenvalue weighted by atomic mass is 10.2. The van der Waals surface area contributed by atoms with Crippen LogP contribution in [0.4, 0.5) is 5.88 Å². The van der Waals surface area contributed by atoms with E-state index in [9.17, 15) is 9.59 Å². The topological polar surface area (TPSA) is 82.5 Å². The second kappa shape index (κ2) is 3.95. The van der Waals surface area contributed by atoms with Crippen molar-refractivity contribution >= 4 is 11.9 Å². The van der Waals surface area contributed by atoms with Gasteiger partial charge in [0.1, 0.15) is 5.76 Å². The summed E-state index contributed by atoms with van der Waals surface area (Å²) in [6.07, 6.45) is 0. The van der Waals surface area contributed by atoms with E-state index in [0.717, 1.165) is 0 Å². The van der Waals surface area contributed by atoms with Gasteiger partial charge in [0.05, 0.1) is 6.61 Å². The molecule has 1 heterocycles. The number of aryl methyl sites for hydroxylation is 1. The van der Waals surface area contributed by atoms with E-state index < -0.39 is 11.4 Å². The fraction of sp³-hybridized carbons (Fsp3) is 0.333. The van der Waals surface area contributed by atoms with Crippen LogP contribution in [-0.2, 0) is 4.74 Å². The van der Waals surface area contributed by atoms with E-state index in [1.165, 1.54) is 6.07 Å². The minimum atomic E-state index is -0.751. The van der Waals surface area contributed by atoms with Crippen LogP contribution in [0.5, 0.6) is 0 Å². The number of hydrogen-bond acceptors (Lipinski definition) is 5. The molecule has 5 heteroatoms. The molecular weight excluding hydrogens is 186 g/mol. The van der Waals surface area contributed by atoms with Crippen molar-refractivity contribution in [3.05, 3.63) is 27.6 Å². The average molecular weight is 197 g/mol.